The van der Waals surface area contributed by atoms with E-state index in [1.807, 2.05) is 22.9 Å². The summed E-state index contributed by atoms with van der Waals surface area (Å²) in [7, 11) is 3.11. The highest BCUT2D eigenvalue weighted by molar-refractivity contribution is 5.90. The minimum Gasteiger partial charge on any atom is -0.497 e. The summed E-state index contributed by atoms with van der Waals surface area (Å²) < 4.78 is 25.7. The van der Waals surface area contributed by atoms with Gasteiger partial charge in [0.05, 0.1) is 20.8 Å². The molecule has 0 unspecified atom stereocenters. The molecule has 1 heterocycles. The fourth-order valence-electron chi connectivity index (χ4n) is 3.19. The topological polar surface area (TPSA) is 55.7 Å². The van der Waals surface area contributed by atoms with Gasteiger partial charge in [0, 0.05) is 48.9 Å². The van der Waals surface area contributed by atoms with Crippen molar-refractivity contribution in [2.24, 2.45) is 0 Å². The molecular weight excluding hydrogens is 397 g/mol. The molecule has 0 aliphatic carbocycles. The standard InChI is InChI=1S/C24H26FN3O3/c1-4-11-28(24(29)26-20-13-22(30-2)15-23(14-20)31-3)17-21-6-5-12-27(21)16-18-7-9-19(25)10-8-18/h4-10,12-15H,1,11,16-17H2,2-3H3,(H,26,29). The second kappa shape index (κ2) is 10.3. The van der Waals surface area contributed by atoms with Crippen LogP contribution in [-0.2, 0) is 13.1 Å². The van der Waals surface area contributed by atoms with E-state index in [9.17, 15) is 9.18 Å². The second-order valence-corrected chi connectivity index (χ2v) is 6.95. The van der Waals surface area contributed by atoms with Gasteiger partial charge in [0.25, 0.3) is 0 Å². The summed E-state index contributed by atoms with van der Waals surface area (Å²) in [6.07, 6.45) is 3.62. The van der Waals surface area contributed by atoms with E-state index in [4.69, 9.17) is 9.47 Å². The molecule has 1 N–H and O–H groups in total. The fraction of sp³-hybridized carbons (Fsp3) is 0.208. The molecule has 162 valence electrons. The summed E-state index contributed by atoms with van der Waals surface area (Å²) in [5, 5.41) is 2.89. The fourth-order valence-corrected chi connectivity index (χ4v) is 3.19. The average molecular weight is 423 g/mol. The molecule has 0 aliphatic heterocycles. The van der Waals surface area contributed by atoms with Crippen LogP contribution in [0.25, 0.3) is 0 Å². The molecule has 0 bridgehead atoms. The van der Waals surface area contributed by atoms with Crippen molar-refractivity contribution in [1.82, 2.24) is 9.47 Å². The van der Waals surface area contributed by atoms with Gasteiger partial charge in [-0.3, -0.25) is 0 Å². The van der Waals surface area contributed by atoms with E-state index in [0.29, 0.717) is 36.8 Å². The molecule has 7 heteroatoms. The third-order valence-electron chi connectivity index (χ3n) is 4.78. The molecule has 6 nitrogen and oxygen atoms in total. The van der Waals surface area contributed by atoms with E-state index in [0.717, 1.165) is 11.3 Å². The lowest BCUT2D eigenvalue weighted by atomic mass is 10.2. The summed E-state index contributed by atoms with van der Waals surface area (Å²) in [4.78, 5) is 14.6. The van der Waals surface area contributed by atoms with E-state index in [1.54, 1.807) is 55.5 Å². The lowest BCUT2D eigenvalue weighted by molar-refractivity contribution is 0.214. The van der Waals surface area contributed by atoms with Crippen molar-refractivity contribution in [2.75, 3.05) is 26.1 Å². The number of hydrogen-bond donors (Lipinski definition) is 1. The molecule has 2 aromatic carbocycles. The first-order valence-corrected chi connectivity index (χ1v) is 9.80. The Kier molecular flexibility index (Phi) is 7.32. The maximum atomic E-state index is 13.2. The zero-order valence-corrected chi connectivity index (χ0v) is 17.7. The third kappa shape index (κ3) is 5.88. The average Bonchev–Trinajstić information content (AvgIpc) is 3.21. The third-order valence-corrected chi connectivity index (χ3v) is 4.78. The van der Waals surface area contributed by atoms with Crippen LogP contribution in [0.1, 0.15) is 11.3 Å². The van der Waals surface area contributed by atoms with E-state index < -0.39 is 0 Å². The minimum atomic E-state index is -0.273. The SMILES string of the molecule is C=CCN(Cc1cccn1Cc1ccc(F)cc1)C(=O)Nc1cc(OC)cc(OC)c1. The first-order valence-electron chi connectivity index (χ1n) is 9.80. The van der Waals surface area contributed by atoms with Crippen LogP contribution in [0.4, 0.5) is 14.9 Å². The van der Waals surface area contributed by atoms with Gasteiger partial charge in [-0.1, -0.05) is 18.2 Å². The number of amides is 2. The number of rotatable bonds is 9. The minimum absolute atomic E-state index is 0.264. The largest absolute Gasteiger partial charge is 0.497 e. The normalized spacial score (nSPS) is 10.4. The zero-order valence-electron chi connectivity index (χ0n) is 17.7. The molecule has 0 spiro atoms. The lowest BCUT2D eigenvalue weighted by Gasteiger charge is -2.23. The van der Waals surface area contributed by atoms with Gasteiger partial charge in [0.1, 0.15) is 17.3 Å². The van der Waals surface area contributed by atoms with Gasteiger partial charge in [-0.15, -0.1) is 6.58 Å². The highest BCUT2D eigenvalue weighted by Gasteiger charge is 2.16. The first kappa shape index (κ1) is 22.0. The van der Waals surface area contributed by atoms with Crippen LogP contribution in [0.3, 0.4) is 0 Å². The van der Waals surface area contributed by atoms with E-state index in [2.05, 4.69) is 11.9 Å². The number of ether oxygens (including phenoxy) is 2. The number of urea groups is 1. The van der Waals surface area contributed by atoms with Crippen molar-refractivity contribution >= 4 is 11.7 Å². The summed E-state index contributed by atoms with van der Waals surface area (Å²) in [5.74, 6) is 0.899. The number of anilines is 1. The second-order valence-electron chi connectivity index (χ2n) is 6.95. The van der Waals surface area contributed by atoms with Crippen LogP contribution < -0.4 is 14.8 Å². The number of methoxy groups -OCH3 is 2. The van der Waals surface area contributed by atoms with E-state index >= 15 is 0 Å². The van der Waals surface area contributed by atoms with Gasteiger partial charge in [0.2, 0.25) is 0 Å². The van der Waals surface area contributed by atoms with Crippen molar-refractivity contribution in [1.29, 1.82) is 0 Å². The van der Waals surface area contributed by atoms with Crippen LogP contribution >= 0.6 is 0 Å². The zero-order chi connectivity index (χ0) is 22.2. The maximum Gasteiger partial charge on any atom is 0.322 e. The van der Waals surface area contributed by atoms with Crippen molar-refractivity contribution in [3.63, 3.8) is 0 Å². The molecule has 3 rings (SSSR count). The molecule has 3 aromatic rings. The van der Waals surface area contributed by atoms with Gasteiger partial charge in [-0.2, -0.15) is 0 Å². The number of carbonyl (C=O) groups excluding carboxylic acids is 1. The monoisotopic (exact) mass is 423 g/mol. The van der Waals surface area contributed by atoms with Gasteiger partial charge in [-0.05, 0) is 29.8 Å². The molecule has 0 saturated heterocycles. The predicted octanol–water partition coefficient (Wildman–Crippen LogP) is 4.91. The molecule has 2 amide bonds. The summed E-state index contributed by atoms with van der Waals surface area (Å²) in [6.45, 7) is 5.10. The number of nitrogens with zero attached hydrogens (tertiary/aromatic N) is 2. The van der Waals surface area contributed by atoms with Crippen LogP contribution in [0.15, 0.2) is 73.4 Å². The van der Waals surface area contributed by atoms with E-state index in [1.165, 1.54) is 12.1 Å². The van der Waals surface area contributed by atoms with Gasteiger partial charge in [-0.25, -0.2) is 9.18 Å². The van der Waals surface area contributed by atoms with Crippen LogP contribution in [0.5, 0.6) is 11.5 Å². The molecule has 0 radical (unpaired) electrons. The summed E-state index contributed by atoms with van der Waals surface area (Å²) >= 11 is 0. The molecular formula is C24H26FN3O3. The summed E-state index contributed by atoms with van der Waals surface area (Å²) in [6, 6.07) is 15.2. The van der Waals surface area contributed by atoms with Crippen LogP contribution in [-0.4, -0.2) is 36.3 Å². The highest BCUT2D eigenvalue weighted by Crippen LogP contribution is 2.26. The Morgan fingerprint density at radius 3 is 2.42 bits per heavy atom. The Balaban J connectivity index is 1.74. The Hall–Kier alpha value is -3.74. The van der Waals surface area contributed by atoms with Crippen molar-refractivity contribution in [2.45, 2.75) is 13.1 Å². The molecule has 0 saturated carbocycles. The number of aromatic nitrogens is 1. The van der Waals surface area contributed by atoms with Crippen molar-refractivity contribution in [3.05, 3.63) is 90.5 Å². The van der Waals surface area contributed by atoms with E-state index in [-0.39, 0.29) is 11.8 Å². The molecule has 31 heavy (non-hydrogen) atoms. The summed E-state index contributed by atoms with van der Waals surface area (Å²) in [5.41, 5.74) is 2.49. The number of halogens is 1. The quantitative estimate of drug-likeness (QED) is 0.498. The number of benzene rings is 2. The molecule has 0 aliphatic rings. The first-order chi connectivity index (χ1) is 15.0. The molecule has 1 aromatic heterocycles. The highest BCUT2D eigenvalue weighted by atomic mass is 19.1. The predicted molar refractivity (Wildman–Crippen MR) is 119 cm³/mol. The van der Waals surface area contributed by atoms with Crippen LogP contribution in [0.2, 0.25) is 0 Å². The van der Waals surface area contributed by atoms with Crippen molar-refractivity contribution < 1.29 is 18.7 Å². The Labute approximate surface area is 181 Å². The Morgan fingerprint density at radius 1 is 1.13 bits per heavy atom. The maximum absolute atomic E-state index is 13.2. The van der Waals surface area contributed by atoms with Gasteiger partial charge >= 0.3 is 6.03 Å². The lowest BCUT2D eigenvalue weighted by Crippen LogP contribution is -2.35. The Morgan fingerprint density at radius 2 is 1.81 bits per heavy atom. The van der Waals surface area contributed by atoms with Gasteiger partial charge < -0.3 is 24.3 Å². The molecule has 0 atom stereocenters. The number of hydrogen-bond acceptors (Lipinski definition) is 3. The number of carbonyl (C=O) groups is 1. The Bertz CT molecular complexity index is 1010. The van der Waals surface area contributed by atoms with Crippen LogP contribution in [0, 0.1) is 5.82 Å². The van der Waals surface area contributed by atoms with Gasteiger partial charge in [0.15, 0.2) is 0 Å². The number of nitrogens with one attached hydrogen (secondary N) is 1. The molecule has 0 fully saturated rings. The van der Waals surface area contributed by atoms with Crippen molar-refractivity contribution in [3.8, 4) is 11.5 Å². The smallest absolute Gasteiger partial charge is 0.322 e.